The summed E-state index contributed by atoms with van der Waals surface area (Å²) in [6, 6.07) is 7.32. The molecule has 0 bridgehead atoms. The molecular weight excluding hydrogens is 334 g/mol. The second-order valence-electron chi connectivity index (χ2n) is 6.53. The fourth-order valence-electron chi connectivity index (χ4n) is 3.65. The molecule has 1 saturated heterocycles. The normalized spacial score (nSPS) is 18.0. The lowest BCUT2D eigenvalue weighted by Crippen LogP contribution is -2.33. The lowest BCUT2D eigenvalue weighted by molar-refractivity contribution is 0.216. The first-order valence-electron chi connectivity index (χ1n) is 8.81. The number of likely N-dealkylation sites (tertiary alicyclic amines) is 1. The number of fused-ring (bicyclic) bond motifs is 1. The number of aryl methyl sites for hydroxylation is 1. The topological polar surface area (TPSA) is 97.3 Å². The van der Waals surface area contributed by atoms with Gasteiger partial charge in [0.1, 0.15) is 5.82 Å². The number of aromatic nitrogens is 4. The van der Waals surface area contributed by atoms with Gasteiger partial charge in [-0.25, -0.2) is 4.98 Å². The summed E-state index contributed by atoms with van der Waals surface area (Å²) in [6.07, 6.45) is 1.90. The average molecular weight is 355 g/mol. The van der Waals surface area contributed by atoms with Crippen LogP contribution in [-0.2, 0) is 13.1 Å². The highest BCUT2D eigenvalue weighted by Crippen LogP contribution is 2.32. The SMILES string of the molecule is Cc1nc(CN2CCCC2c2nc3ccccc3c(=O)n2CCO)no1. The molecule has 0 saturated carbocycles. The van der Waals surface area contributed by atoms with E-state index in [-0.39, 0.29) is 24.8 Å². The van der Waals surface area contributed by atoms with E-state index in [1.54, 1.807) is 17.6 Å². The Morgan fingerprint density at radius 1 is 1.31 bits per heavy atom. The molecule has 1 fully saturated rings. The first kappa shape index (κ1) is 16.9. The second kappa shape index (κ2) is 6.97. The van der Waals surface area contributed by atoms with E-state index in [2.05, 4.69) is 15.0 Å². The summed E-state index contributed by atoms with van der Waals surface area (Å²) in [6.45, 7) is 3.31. The van der Waals surface area contributed by atoms with E-state index < -0.39 is 0 Å². The molecule has 0 aliphatic carbocycles. The van der Waals surface area contributed by atoms with E-state index in [9.17, 15) is 9.90 Å². The zero-order chi connectivity index (χ0) is 18.1. The van der Waals surface area contributed by atoms with E-state index in [1.165, 1.54) is 0 Å². The van der Waals surface area contributed by atoms with Gasteiger partial charge in [-0.05, 0) is 31.5 Å². The third kappa shape index (κ3) is 3.02. The first-order valence-corrected chi connectivity index (χ1v) is 8.81. The van der Waals surface area contributed by atoms with Crippen LogP contribution in [0.4, 0.5) is 0 Å². The molecule has 1 aliphatic rings. The van der Waals surface area contributed by atoms with E-state index in [0.717, 1.165) is 19.4 Å². The van der Waals surface area contributed by atoms with E-state index in [4.69, 9.17) is 9.51 Å². The number of hydrogen-bond acceptors (Lipinski definition) is 7. The molecule has 3 heterocycles. The molecule has 8 nitrogen and oxygen atoms in total. The predicted octanol–water partition coefficient (Wildman–Crippen LogP) is 1.42. The molecule has 8 heteroatoms. The van der Waals surface area contributed by atoms with Gasteiger partial charge in [0.2, 0.25) is 5.89 Å². The number of rotatable bonds is 5. The van der Waals surface area contributed by atoms with Crippen molar-refractivity contribution in [2.45, 2.75) is 38.9 Å². The summed E-state index contributed by atoms with van der Waals surface area (Å²) >= 11 is 0. The zero-order valence-electron chi connectivity index (χ0n) is 14.6. The number of aliphatic hydroxyl groups is 1. The van der Waals surface area contributed by atoms with Gasteiger partial charge in [0.05, 0.1) is 36.6 Å². The van der Waals surface area contributed by atoms with Crippen LogP contribution in [0.2, 0.25) is 0 Å². The maximum atomic E-state index is 12.9. The smallest absolute Gasteiger partial charge is 0.261 e. The minimum Gasteiger partial charge on any atom is -0.395 e. The molecule has 1 aliphatic heterocycles. The standard InChI is InChI=1S/C18H21N5O3/c1-12-19-16(21-26-12)11-22-8-4-7-15(22)17-20-14-6-3-2-5-13(14)18(25)23(17)9-10-24/h2-3,5-6,15,24H,4,7-11H2,1H3. The molecule has 0 spiro atoms. The number of aliphatic hydroxyl groups excluding tert-OH is 1. The van der Waals surface area contributed by atoms with Crippen LogP contribution in [0, 0.1) is 6.92 Å². The van der Waals surface area contributed by atoms with Crippen molar-refractivity contribution < 1.29 is 9.63 Å². The van der Waals surface area contributed by atoms with Gasteiger partial charge in [0, 0.05) is 6.92 Å². The van der Waals surface area contributed by atoms with Crippen LogP contribution in [0.5, 0.6) is 0 Å². The van der Waals surface area contributed by atoms with Gasteiger partial charge in [-0.1, -0.05) is 17.3 Å². The summed E-state index contributed by atoms with van der Waals surface area (Å²) in [5.41, 5.74) is 0.575. The lowest BCUT2D eigenvalue weighted by Gasteiger charge is -2.25. The van der Waals surface area contributed by atoms with Gasteiger partial charge in [-0.15, -0.1) is 0 Å². The van der Waals surface area contributed by atoms with E-state index in [1.807, 2.05) is 18.2 Å². The number of benzene rings is 1. The fraction of sp³-hybridized carbons (Fsp3) is 0.444. The molecule has 1 N–H and O–H groups in total. The molecule has 1 unspecified atom stereocenters. The molecule has 2 aromatic heterocycles. The maximum absolute atomic E-state index is 12.9. The fourth-order valence-corrected chi connectivity index (χ4v) is 3.65. The summed E-state index contributed by atoms with van der Waals surface area (Å²) < 4.78 is 6.67. The summed E-state index contributed by atoms with van der Waals surface area (Å²) in [5, 5.41) is 14.0. The van der Waals surface area contributed by atoms with E-state index in [0.29, 0.717) is 35.0 Å². The van der Waals surface area contributed by atoms with Crippen molar-refractivity contribution in [3.8, 4) is 0 Å². The van der Waals surface area contributed by atoms with Crippen molar-refractivity contribution in [1.29, 1.82) is 0 Å². The Hall–Kier alpha value is -2.58. The Morgan fingerprint density at radius 2 is 2.15 bits per heavy atom. The Bertz CT molecular complexity index is 980. The molecule has 4 rings (SSSR count). The minimum absolute atomic E-state index is 0.0161. The van der Waals surface area contributed by atoms with Gasteiger partial charge in [0.15, 0.2) is 5.82 Å². The third-order valence-electron chi connectivity index (χ3n) is 4.79. The van der Waals surface area contributed by atoms with Crippen molar-refractivity contribution >= 4 is 10.9 Å². The van der Waals surface area contributed by atoms with Crippen LogP contribution in [0.3, 0.4) is 0 Å². The van der Waals surface area contributed by atoms with Crippen LogP contribution in [0.1, 0.15) is 36.4 Å². The molecule has 1 atom stereocenters. The third-order valence-corrected chi connectivity index (χ3v) is 4.79. The molecule has 0 radical (unpaired) electrons. The number of nitrogens with zero attached hydrogens (tertiary/aromatic N) is 5. The van der Waals surface area contributed by atoms with Crippen LogP contribution < -0.4 is 5.56 Å². The van der Waals surface area contributed by atoms with Crippen LogP contribution >= 0.6 is 0 Å². The Kier molecular flexibility index (Phi) is 4.52. The highest BCUT2D eigenvalue weighted by atomic mass is 16.5. The van der Waals surface area contributed by atoms with Crippen LogP contribution in [-0.4, -0.2) is 42.8 Å². The lowest BCUT2D eigenvalue weighted by atomic mass is 10.1. The molecule has 26 heavy (non-hydrogen) atoms. The first-order chi connectivity index (χ1) is 12.7. The summed E-state index contributed by atoms with van der Waals surface area (Å²) in [5.74, 6) is 1.86. The van der Waals surface area contributed by atoms with Gasteiger partial charge < -0.3 is 9.63 Å². The highest BCUT2D eigenvalue weighted by Gasteiger charge is 2.31. The predicted molar refractivity (Wildman–Crippen MR) is 94.5 cm³/mol. The van der Waals surface area contributed by atoms with Gasteiger partial charge in [-0.3, -0.25) is 14.3 Å². The largest absolute Gasteiger partial charge is 0.395 e. The molecule has 1 aromatic carbocycles. The summed E-state index contributed by atoms with van der Waals surface area (Å²) in [4.78, 5) is 24.2. The van der Waals surface area contributed by atoms with Crippen molar-refractivity contribution in [2.75, 3.05) is 13.2 Å². The Morgan fingerprint density at radius 3 is 2.92 bits per heavy atom. The van der Waals surface area contributed by atoms with Crippen LogP contribution in [0.15, 0.2) is 33.6 Å². The van der Waals surface area contributed by atoms with Crippen molar-refractivity contribution in [1.82, 2.24) is 24.6 Å². The maximum Gasteiger partial charge on any atom is 0.261 e. The van der Waals surface area contributed by atoms with Gasteiger partial charge >= 0.3 is 0 Å². The quantitative estimate of drug-likeness (QED) is 0.739. The molecule has 136 valence electrons. The monoisotopic (exact) mass is 355 g/mol. The molecule has 3 aromatic rings. The van der Waals surface area contributed by atoms with Crippen molar-refractivity contribution in [2.24, 2.45) is 0 Å². The van der Waals surface area contributed by atoms with Crippen molar-refractivity contribution in [3.05, 3.63) is 52.2 Å². The second-order valence-corrected chi connectivity index (χ2v) is 6.53. The summed E-state index contributed by atoms with van der Waals surface area (Å²) in [7, 11) is 0. The highest BCUT2D eigenvalue weighted by molar-refractivity contribution is 5.77. The average Bonchev–Trinajstić information content (AvgIpc) is 3.27. The van der Waals surface area contributed by atoms with Crippen LogP contribution in [0.25, 0.3) is 10.9 Å². The van der Waals surface area contributed by atoms with E-state index >= 15 is 0 Å². The zero-order valence-corrected chi connectivity index (χ0v) is 14.6. The van der Waals surface area contributed by atoms with Gasteiger partial charge in [0.25, 0.3) is 5.56 Å². The Balaban J connectivity index is 1.76. The van der Waals surface area contributed by atoms with Crippen molar-refractivity contribution in [3.63, 3.8) is 0 Å². The Labute approximate surface area is 150 Å². The molecule has 0 amide bonds. The van der Waals surface area contributed by atoms with Gasteiger partial charge in [-0.2, -0.15) is 4.98 Å². The number of para-hydroxylation sites is 1. The molecular formula is C18H21N5O3. The minimum atomic E-state index is -0.109. The number of hydrogen-bond donors (Lipinski definition) is 1.